The first kappa shape index (κ1) is 14.1. The van der Waals surface area contributed by atoms with Crippen LogP contribution >= 0.6 is 0 Å². The maximum absolute atomic E-state index is 11.5. The van der Waals surface area contributed by atoms with Crippen LogP contribution in [0.4, 0.5) is 0 Å². The molecule has 0 radical (unpaired) electrons. The summed E-state index contributed by atoms with van der Waals surface area (Å²) in [5, 5.41) is 1.08. The van der Waals surface area contributed by atoms with Crippen LogP contribution in [-0.4, -0.2) is 35.4 Å². The Labute approximate surface area is 125 Å². The number of hydrogen-bond donors (Lipinski definition) is 2. The number of aromatic nitrogens is 1. The van der Waals surface area contributed by atoms with Crippen molar-refractivity contribution in [2.24, 2.45) is 5.73 Å². The number of primary amides is 1. The van der Waals surface area contributed by atoms with Gasteiger partial charge in [0.15, 0.2) is 0 Å². The molecule has 0 aliphatic carbocycles. The number of amides is 1. The zero-order valence-corrected chi connectivity index (χ0v) is 12.6. The molecule has 2 heterocycles. The molecule has 1 aromatic heterocycles. The molecule has 3 N–H and O–H groups in total. The Morgan fingerprint density at radius 3 is 2.81 bits per heavy atom. The lowest BCUT2D eigenvalue weighted by atomic mass is 9.93. The van der Waals surface area contributed by atoms with Gasteiger partial charge in [0.05, 0.1) is 11.1 Å². The second-order valence-corrected chi connectivity index (χ2v) is 5.97. The summed E-state index contributed by atoms with van der Waals surface area (Å²) >= 11 is 0. The molecule has 2 aromatic rings. The minimum atomic E-state index is -0.369. The third-order valence-corrected chi connectivity index (χ3v) is 4.51. The van der Waals surface area contributed by atoms with E-state index in [1.165, 1.54) is 31.5 Å². The number of nitrogens with one attached hydrogen (secondary N) is 1. The van der Waals surface area contributed by atoms with Gasteiger partial charge in [-0.2, -0.15) is 0 Å². The average Bonchev–Trinajstić information content (AvgIpc) is 2.92. The molecule has 112 valence electrons. The number of para-hydroxylation sites is 1. The Kier molecular flexibility index (Phi) is 3.97. The highest BCUT2D eigenvalue weighted by atomic mass is 16.1. The summed E-state index contributed by atoms with van der Waals surface area (Å²) in [5.74, 6) is 0.193. The largest absolute Gasteiger partial charge is 0.366 e. The number of benzene rings is 1. The zero-order chi connectivity index (χ0) is 14.8. The SMILES string of the molecule is CCCN1CCC(c2cc3cccc(C(N)=O)c3[nH]2)CC1. The topological polar surface area (TPSA) is 62.1 Å². The van der Waals surface area contributed by atoms with Gasteiger partial charge in [0.25, 0.3) is 5.91 Å². The number of likely N-dealkylation sites (tertiary alicyclic amines) is 1. The van der Waals surface area contributed by atoms with Crippen molar-refractivity contribution in [1.82, 2.24) is 9.88 Å². The Bertz CT molecular complexity index is 639. The zero-order valence-electron chi connectivity index (χ0n) is 12.6. The van der Waals surface area contributed by atoms with Crippen LogP contribution in [0.3, 0.4) is 0 Å². The third-order valence-electron chi connectivity index (χ3n) is 4.51. The molecule has 1 amide bonds. The number of aromatic amines is 1. The van der Waals surface area contributed by atoms with Gasteiger partial charge in [0.2, 0.25) is 0 Å². The van der Waals surface area contributed by atoms with Crippen molar-refractivity contribution >= 4 is 16.8 Å². The molecule has 1 aromatic carbocycles. The molecule has 21 heavy (non-hydrogen) atoms. The van der Waals surface area contributed by atoms with Gasteiger partial charge in [-0.05, 0) is 51.0 Å². The molecule has 1 saturated heterocycles. The molecule has 0 atom stereocenters. The first-order chi connectivity index (χ1) is 10.2. The van der Waals surface area contributed by atoms with Crippen LogP contribution in [0.2, 0.25) is 0 Å². The summed E-state index contributed by atoms with van der Waals surface area (Å²) in [4.78, 5) is 17.5. The van der Waals surface area contributed by atoms with Crippen molar-refractivity contribution in [2.75, 3.05) is 19.6 Å². The van der Waals surface area contributed by atoms with E-state index in [0.717, 1.165) is 24.0 Å². The highest BCUT2D eigenvalue weighted by Crippen LogP contribution is 2.30. The Hall–Kier alpha value is -1.81. The molecule has 0 bridgehead atoms. The van der Waals surface area contributed by atoms with Crippen molar-refractivity contribution in [3.63, 3.8) is 0 Å². The maximum atomic E-state index is 11.5. The van der Waals surface area contributed by atoms with Crippen LogP contribution in [0.15, 0.2) is 24.3 Å². The van der Waals surface area contributed by atoms with E-state index in [-0.39, 0.29) is 5.91 Å². The van der Waals surface area contributed by atoms with E-state index in [2.05, 4.69) is 22.9 Å². The van der Waals surface area contributed by atoms with Crippen LogP contribution in [0.25, 0.3) is 10.9 Å². The lowest BCUT2D eigenvalue weighted by Gasteiger charge is -2.31. The summed E-state index contributed by atoms with van der Waals surface area (Å²) in [5.41, 5.74) is 8.17. The molecule has 0 saturated carbocycles. The molecular weight excluding hydrogens is 262 g/mol. The van der Waals surface area contributed by atoms with E-state index in [4.69, 9.17) is 5.73 Å². The molecular formula is C17H23N3O. The van der Waals surface area contributed by atoms with Gasteiger partial charge in [-0.15, -0.1) is 0 Å². The van der Waals surface area contributed by atoms with Crippen LogP contribution in [0, 0.1) is 0 Å². The van der Waals surface area contributed by atoms with Crippen LogP contribution in [0.1, 0.15) is 48.2 Å². The number of nitrogens with two attached hydrogens (primary N) is 1. The summed E-state index contributed by atoms with van der Waals surface area (Å²) < 4.78 is 0. The number of fused-ring (bicyclic) bond motifs is 1. The molecule has 1 aliphatic heterocycles. The first-order valence-corrected chi connectivity index (χ1v) is 7.83. The van der Waals surface area contributed by atoms with Gasteiger partial charge < -0.3 is 15.6 Å². The third kappa shape index (κ3) is 2.81. The summed E-state index contributed by atoms with van der Waals surface area (Å²) in [6, 6.07) is 7.90. The van der Waals surface area contributed by atoms with Crippen molar-refractivity contribution in [3.8, 4) is 0 Å². The van der Waals surface area contributed by atoms with Gasteiger partial charge in [-0.1, -0.05) is 19.1 Å². The second-order valence-electron chi connectivity index (χ2n) is 5.97. The Morgan fingerprint density at radius 1 is 1.38 bits per heavy atom. The smallest absolute Gasteiger partial charge is 0.250 e. The summed E-state index contributed by atoms with van der Waals surface area (Å²) in [6.45, 7) is 5.76. The van der Waals surface area contributed by atoms with E-state index >= 15 is 0 Å². The minimum absolute atomic E-state index is 0.369. The molecule has 1 aliphatic rings. The highest BCUT2D eigenvalue weighted by molar-refractivity contribution is 6.05. The number of piperidine rings is 1. The lowest BCUT2D eigenvalue weighted by molar-refractivity contribution is 0.100. The molecule has 0 unspecified atom stereocenters. The van der Waals surface area contributed by atoms with Crippen molar-refractivity contribution in [2.45, 2.75) is 32.1 Å². The normalized spacial score (nSPS) is 17.4. The van der Waals surface area contributed by atoms with E-state index < -0.39 is 0 Å². The number of H-pyrrole nitrogens is 1. The number of carbonyl (C=O) groups is 1. The predicted octanol–water partition coefficient (Wildman–Crippen LogP) is 2.86. The number of rotatable bonds is 4. The lowest BCUT2D eigenvalue weighted by Crippen LogP contribution is -2.33. The summed E-state index contributed by atoms with van der Waals surface area (Å²) in [6.07, 6.45) is 3.58. The fraction of sp³-hybridized carbons (Fsp3) is 0.471. The standard InChI is InChI=1S/C17H23N3O/c1-2-8-20-9-6-12(7-10-20)15-11-13-4-3-5-14(17(18)21)16(13)19-15/h3-5,11-12,19H,2,6-10H2,1H3,(H2,18,21). The second kappa shape index (κ2) is 5.90. The van der Waals surface area contributed by atoms with Crippen molar-refractivity contribution in [3.05, 3.63) is 35.5 Å². The molecule has 0 spiro atoms. The van der Waals surface area contributed by atoms with Gasteiger partial charge in [0.1, 0.15) is 0 Å². The highest BCUT2D eigenvalue weighted by Gasteiger charge is 2.22. The van der Waals surface area contributed by atoms with E-state index in [9.17, 15) is 4.79 Å². The van der Waals surface area contributed by atoms with Crippen molar-refractivity contribution < 1.29 is 4.79 Å². The molecule has 4 heteroatoms. The Morgan fingerprint density at radius 2 is 2.14 bits per heavy atom. The monoisotopic (exact) mass is 285 g/mol. The van der Waals surface area contributed by atoms with E-state index in [1.807, 2.05) is 12.1 Å². The molecule has 3 rings (SSSR count). The summed E-state index contributed by atoms with van der Waals surface area (Å²) in [7, 11) is 0. The van der Waals surface area contributed by atoms with Gasteiger partial charge >= 0.3 is 0 Å². The average molecular weight is 285 g/mol. The van der Waals surface area contributed by atoms with Crippen LogP contribution in [0.5, 0.6) is 0 Å². The first-order valence-electron chi connectivity index (χ1n) is 7.83. The van der Waals surface area contributed by atoms with E-state index in [0.29, 0.717) is 11.5 Å². The van der Waals surface area contributed by atoms with E-state index in [1.54, 1.807) is 6.07 Å². The predicted molar refractivity (Wildman–Crippen MR) is 85.5 cm³/mol. The maximum Gasteiger partial charge on any atom is 0.250 e. The molecule has 1 fully saturated rings. The number of hydrogen-bond acceptors (Lipinski definition) is 2. The fourth-order valence-corrected chi connectivity index (χ4v) is 3.39. The number of nitrogens with zero attached hydrogens (tertiary/aromatic N) is 1. The minimum Gasteiger partial charge on any atom is -0.366 e. The Balaban J connectivity index is 1.82. The number of carbonyl (C=O) groups excluding carboxylic acids is 1. The molecule has 4 nitrogen and oxygen atoms in total. The van der Waals surface area contributed by atoms with Gasteiger partial charge in [-0.3, -0.25) is 4.79 Å². The quantitative estimate of drug-likeness (QED) is 0.907. The van der Waals surface area contributed by atoms with Crippen LogP contribution in [-0.2, 0) is 0 Å². The van der Waals surface area contributed by atoms with Crippen molar-refractivity contribution in [1.29, 1.82) is 0 Å². The van der Waals surface area contributed by atoms with Gasteiger partial charge in [-0.25, -0.2) is 0 Å². The fourth-order valence-electron chi connectivity index (χ4n) is 3.39. The van der Waals surface area contributed by atoms with Gasteiger partial charge in [0, 0.05) is 17.0 Å². The van der Waals surface area contributed by atoms with Crippen LogP contribution < -0.4 is 5.73 Å².